The van der Waals surface area contributed by atoms with Crippen LogP contribution in [0.25, 0.3) is 0 Å². The molecule has 2 rings (SSSR count). The molecule has 1 aromatic carbocycles. The van der Waals surface area contributed by atoms with E-state index < -0.39 is 11.9 Å². The van der Waals surface area contributed by atoms with Gasteiger partial charge in [0.05, 0.1) is 16.3 Å². The minimum absolute atomic E-state index is 0.170. The predicted molar refractivity (Wildman–Crippen MR) is 96.8 cm³/mol. The summed E-state index contributed by atoms with van der Waals surface area (Å²) in [6.45, 7) is 3.45. The van der Waals surface area contributed by atoms with Crippen molar-refractivity contribution in [2.75, 3.05) is 11.9 Å². The molecule has 1 amide bonds. The molecule has 0 saturated heterocycles. The molecule has 136 valence electrons. The molecule has 2 aromatic rings. The van der Waals surface area contributed by atoms with Gasteiger partial charge in [-0.1, -0.05) is 11.6 Å². The normalized spacial score (nSPS) is 10.3. The van der Waals surface area contributed by atoms with E-state index in [9.17, 15) is 9.59 Å². The Kier molecular flexibility index (Phi) is 6.36. The number of nitriles is 1. The molecule has 1 N–H and O–H groups in total. The van der Waals surface area contributed by atoms with E-state index in [-0.39, 0.29) is 18.1 Å². The summed E-state index contributed by atoms with van der Waals surface area (Å²) in [6, 6.07) is 6.46. The van der Waals surface area contributed by atoms with E-state index in [1.807, 2.05) is 27.0 Å². The molecule has 7 nitrogen and oxygen atoms in total. The first-order valence-corrected chi connectivity index (χ1v) is 8.33. The molecule has 0 fully saturated rings. The largest absolute Gasteiger partial charge is 0.456 e. The average molecular weight is 375 g/mol. The van der Waals surface area contributed by atoms with Gasteiger partial charge in [-0.2, -0.15) is 10.4 Å². The average Bonchev–Trinajstić information content (AvgIpc) is 2.83. The van der Waals surface area contributed by atoms with Crippen LogP contribution in [-0.4, -0.2) is 28.3 Å². The number of hydrogen-bond donors (Lipinski definition) is 1. The van der Waals surface area contributed by atoms with Crippen molar-refractivity contribution < 1.29 is 14.3 Å². The summed E-state index contributed by atoms with van der Waals surface area (Å²) in [5.41, 5.74) is 3.65. The maximum absolute atomic E-state index is 11.9. The fourth-order valence-electron chi connectivity index (χ4n) is 2.51. The summed E-state index contributed by atoms with van der Waals surface area (Å²) in [5, 5.41) is 15.9. The molecule has 0 atom stereocenters. The Labute approximate surface area is 156 Å². The lowest BCUT2D eigenvalue weighted by Crippen LogP contribution is -2.21. The number of carbonyl (C=O) groups is 2. The van der Waals surface area contributed by atoms with E-state index >= 15 is 0 Å². The van der Waals surface area contributed by atoms with E-state index in [4.69, 9.17) is 21.6 Å². The van der Waals surface area contributed by atoms with Crippen LogP contribution < -0.4 is 5.32 Å². The van der Waals surface area contributed by atoms with Gasteiger partial charge in [-0.25, -0.2) is 0 Å². The number of benzene rings is 1. The third-order valence-corrected chi connectivity index (χ3v) is 4.29. The van der Waals surface area contributed by atoms with E-state index in [1.54, 1.807) is 10.7 Å². The summed E-state index contributed by atoms with van der Waals surface area (Å²) < 4.78 is 6.77. The van der Waals surface area contributed by atoms with Crippen LogP contribution in [0.1, 0.15) is 28.9 Å². The van der Waals surface area contributed by atoms with Crippen LogP contribution >= 0.6 is 11.6 Å². The van der Waals surface area contributed by atoms with Crippen molar-refractivity contribution in [3.05, 3.63) is 45.7 Å². The number of esters is 1. The highest BCUT2D eigenvalue weighted by Gasteiger charge is 2.13. The van der Waals surface area contributed by atoms with Crippen LogP contribution in [0.4, 0.5) is 5.69 Å². The van der Waals surface area contributed by atoms with E-state index in [0.717, 1.165) is 17.0 Å². The van der Waals surface area contributed by atoms with Gasteiger partial charge >= 0.3 is 5.97 Å². The molecular formula is C18H19ClN4O3. The van der Waals surface area contributed by atoms with Crippen molar-refractivity contribution in [3.8, 4) is 6.07 Å². The smallest absolute Gasteiger partial charge is 0.306 e. The summed E-state index contributed by atoms with van der Waals surface area (Å²) in [7, 11) is 1.85. The fraction of sp³-hybridized carbons (Fsp3) is 0.333. The van der Waals surface area contributed by atoms with E-state index in [1.165, 1.54) is 12.1 Å². The Morgan fingerprint density at radius 1 is 1.38 bits per heavy atom. The highest BCUT2D eigenvalue weighted by molar-refractivity contribution is 6.32. The molecule has 0 aliphatic carbocycles. The first kappa shape index (κ1) is 19.5. The van der Waals surface area contributed by atoms with Gasteiger partial charge in [0, 0.05) is 24.8 Å². The van der Waals surface area contributed by atoms with Crippen molar-refractivity contribution in [2.45, 2.75) is 26.7 Å². The van der Waals surface area contributed by atoms with E-state index in [0.29, 0.717) is 17.7 Å². The Hall–Kier alpha value is -2.85. The summed E-state index contributed by atoms with van der Waals surface area (Å²) in [5.74, 6) is -0.937. The third-order valence-electron chi connectivity index (χ3n) is 3.98. The topological polar surface area (TPSA) is 97.0 Å². The second kappa shape index (κ2) is 8.50. The number of halogens is 1. The zero-order valence-corrected chi connectivity index (χ0v) is 15.6. The van der Waals surface area contributed by atoms with Crippen LogP contribution in [0, 0.1) is 25.2 Å². The number of nitrogens with one attached hydrogen (secondary N) is 1. The van der Waals surface area contributed by atoms with Crippen LogP contribution in [0.2, 0.25) is 5.02 Å². The highest BCUT2D eigenvalue weighted by Crippen LogP contribution is 2.20. The van der Waals surface area contributed by atoms with Crippen molar-refractivity contribution in [1.82, 2.24) is 9.78 Å². The fourth-order valence-corrected chi connectivity index (χ4v) is 2.73. The number of hydrogen-bond acceptors (Lipinski definition) is 5. The van der Waals surface area contributed by atoms with Crippen molar-refractivity contribution in [1.29, 1.82) is 5.26 Å². The Bertz CT molecular complexity index is 883. The first-order chi connectivity index (χ1) is 12.3. The molecule has 26 heavy (non-hydrogen) atoms. The molecular weight excluding hydrogens is 356 g/mol. The zero-order valence-electron chi connectivity index (χ0n) is 14.8. The minimum Gasteiger partial charge on any atom is -0.456 e. The quantitative estimate of drug-likeness (QED) is 0.784. The van der Waals surface area contributed by atoms with Gasteiger partial charge in [0.1, 0.15) is 6.07 Å². The zero-order chi connectivity index (χ0) is 19.3. The number of nitrogens with zero attached hydrogens (tertiary/aromatic N) is 3. The Morgan fingerprint density at radius 2 is 2.12 bits per heavy atom. The van der Waals surface area contributed by atoms with Gasteiger partial charge in [0.15, 0.2) is 6.61 Å². The van der Waals surface area contributed by atoms with Gasteiger partial charge in [-0.15, -0.1) is 0 Å². The van der Waals surface area contributed by atoms with Crippen LogP contribution in [0.5, 0.6) is 0 Å². The molecule has 0 bridgehead atoms. The predicted octanol–water partition coefficient (Wildman–Crippen LogP) is 2.68. The van der Waals surface area contributed by atoms with Gasteiger partial charge in [-0.3, -0.25) is 14.3 Å². The maximum Gasteiger partial charge on any atom is 0.306 e. The monoisotopic (exact) mass is 374 g/mol. The van der Waals surface area contributed by atoms with Crippen molar-refractivity contribution in [3.63, 3.8) is 0 Å². The lowest BCUT2D eigenvalue weighted by molar-refractivity contribution is -0.147. The molecule has 1 aromatic heterocycles. The number of amides is 1. The van der Waals surface area contributed by atoms with Crippen molar-refractivity contribution in [2.24, 2.45) is 7.05 Å². The van der Waals surface area contributed by atoms with E-state index in [2.05, 4.69) is 10.4 Å². The minimum atomic E-state index is -0.479. The molecule has 0 aliphatic rings. The number of aryl methyl sites for hydroxylation is 2. The number of anilines is 1. The van der Waals surface area contributed by atoms with Gasteiger partial charge in [-0.05, 0) is 44.0 Å². The molecule has 1 heterocycles. The maximum atomic E-state index is 11.9. The van der Waals surface area contributed by atoms with Crippen molar-refractivity contribution >= 4 is 29.2 Å². The lowest BCUT2D eigenvalue weighted by Gasteiger charge is -2.07. The third kappa shape index (κ3) is 4.83. The number of rotatable bonds is 6. The van der Waals surface area contributed by atoms with Crippen LogP contribution in [0.3, 0.4) is 0 Å². The Balaban J connectivity index is 1.81. The molecule has 0 saturated carbocycles. The SMILES string of the molecule is Cc1nn(C)c(C)c1CCC(=O)OCC(=O)Nc1ccc(C#N)c(Cl)c1. The molecule has 0 unspecified atom stereocenters. The molecule has 0 radical (unpaired) electrons. The molecule has 0 spiro atoms. The van der Waals surface area contributed by atoms with Gasteiger partial charge < -0.3 is 10.1 Å². The Morgan fingerprint density at radius 3 is 2.69 bits per heavy atom. The standard InChI is InChI=1S/C18H19ClN4O3/c1-11-15(12(2)23(3)22-11)6-7-18(25)26-10-17(24)21-14-5-4-13(9-20)16(19)8-14/h4-5,8H,6-7,10H2,1-3H3,(H,21,24). The second-order valence-electron chi connectivity index (χ2n) is 5.79. The number of aromatic nitrogens is 2. The lowest BCUT2D eigenvalue weighted by atomic mass is 10.1. The van der Waals surface area contributed by atoms with Gasteiger partial charge in [0.2, 0.25) is 0 Å². The second-order valence-corrected chi connectivity index (χ2v) is 6.20. The number of carbonyl (C=O) groups excluding carboxylic acids is 2. The highest BCUT2D eigenvalue weighted by atomic mass is 35.5. The molecule has 8 heteroatoms. The summed E-state index contributed by atoms with van der Waals surface area (Å²) in [6.07, 6.45) is 0.681. The summed E-state index contributed by atoms with van der Waals surface area (Å²) in [4.78, 5) is 23.7. The van der Waals surface area contributed by atoms with Crippen LogP contribution in [0.15, 0.2) is 18.2 Å². The van der Waals surface area contributed by atoms with Gasteiger partial charge in [0.25, 0.3) is 5.91 Å². The molecule has 0 aliphatic heterocycles. The van der Waals surface area contributed by atoms with Crippen LogP contribution in [-0.2, 0) is 27.8 Å². The number of ether oxygens (including phenoxy) is 1. The summed E-state index contributed by atoms with van der Waals surface area (Å²) >= 11 is 5.90. The first-order valence-electron chi connectivity index (χ1n) is 7.96.